The average Bonchev–Trinajstić information content (AvgIpc) is 3.16. The minimum Gasteiger partial charge on any atom is -0.330 e. The number of hydrogen-bond donors (Lipinski definition) is 2. The molecule has 0 aromatic carbocycles. The summed E-state index contributed by atoms with van der Waals surface area (Å²) in [5.74, 6) is 1.28. The molecule has 1 unspecified atom stereocenters. The molecule has 3 atom stereocenters. The number of hydrogen-bond acceptors (Lipinski definition) is 5. The van der Waals surface area contributed by atoms with Gasteiger partial charge in [-0.1, -0.05) is 13.3 Å². The Morgan fingerprint density at radius 2 is 2.16 bits per heavy atom. The zero-order chi connectivity index (χ0) is 16.2. The first-order valence-corrected chi connectivity index (χ1v) is 9.71. The van der Waals surface area contributed by atoms with Gasteiger partial charge < -0.3 is 11.1 Å². The summed E-state index contributed by atoms with van der Waals surface area (Å²) >= 11 is 1.53. The fraction of sp³-hybridized carbons (Fsp3) is 0.765. The number of halogens is 2. The SMILES string of the molecule is CC1CCCN(Cc2csc(NC(=O)[C@@H]3CCC[C@@H]3CN)n2)C1.Cl.Cl. The van der Waals surface area contributed by atoms with Crippen LogP contribution in [0.5, 0.6) is 0 Å². The molecule has 1 aromatic heterocycles. The van der Waals surface area contributed by atoms with Crippen molar-refractivity contribution in [3.63, 3.8) is 0 Å². The Morgan fingerprint density at radius 1 is 1.36 bits per heavy atom. The average molecular weight is 409 g/mol. The molecule has 1 aromatic rings. The Balaban J connectivity index is 0.00000156. The lowest BCUT2D eigenvalue weighted by Crippen LogP contribution is -2.33. The van der Waals surface area contributed by atoms with Crippen LogP contribution in [0.25, 0.3) is 0 Å². The van der Waals surface area contributed by atoms with Crippen LogP contribution in [0.3, 0.4) is 0 Å². The predicted molar refractivity (Wildman–Crippen MR) is 109 cm³/mol. The van der Waals surface area contributed by atoms with Crippen LogP contribution in [0.1, 0.15) is 44.7 Å². The van der Waals surface area contributed by atoms with Gasteiger partial charge in [-0.05, 0) is 50.6 Å². The van der Waals surface area contributed by atoms with E-state index in [4.69, 9.17) is 5.73 Å². The fourth-order valence-corrected chi connectivity index (χ4v) is 4.66. The summed E-state index contributed by atoms with van der Waals surface area (Å²) in [6, 6.07) is 0. The summed E-state index contributed by atoms with van der Waals surface area (Å²) in [4.78, 5) is 19.5. The van der Waals surface area contributed by atoms with Gasteiger partial charge in [0.15, 0.2) is 5.13 Å². The Labute approximate surface area is 167 Å². The smallest absolute Gasteiger partial charge is 0.229 e. The topological polar surface area (TPSA) is 71.2 Å². The van der Waals surface area contributed by atoms with Gasteiger partial charge in [0.05, 0.1) is 5.69 Å². The zero-order valence-electron chi connectivity index (χ0n) is 14.8. The van der Waals surface area contributed by atoms with E-state index in [9.17, 15) is 4.79 Å². The second-order valence-electron chi connectivity index (χ2n) is 7.15. The van der Waals surface area contributed by atoms with E-state index in [0.29, 0.717) is 12.5 Å². The normalized spacial score (nSPS) is 26.6. The van der Waals surface area contributed by atoms with Crippen molar-refractivity contribution in [1.82, 2.24) is 9.88 Å². The van der Waals surface area contributed by atoms with E-state index in [1.807, 2.05) is 0 Å². The van der Waals surface area contributed by atoms with Gasteiger partial charge >= 0.3 is 0 Å². The molecular formula is C17H30Cl2N4OS. The fourth-order valence-electron chi connectivity index (χ4n) is 3.96. The number of amides is 1. The first-order valence-electron chi connectivity index (χ1n) is 8.83. The van der Waals surface area contributed by atoms with E-state index in [1.54, 1.807) is 0 Å². The lowest BCUT2D eigenvalue weighted by atomic mass is 9.95. The van der Waals surface area contributed by atoms with Crippen molar-refractivity contribution in [2.75, 3.05) is 25.0 Å². The van der Waals surface area contributed by atoms with E-state index < -0.39 is 0 Å². The Kier molecular flexibility index (Phi) is 9.67. The largest absolute Gasteiger partial charge is 0.330 e. The molecule has 144 valence electrons. The molecule has 8 heteroatoms. The van der Waals surface area contributed by atoms with Crippen molar-refractivity contribution in [2.24, 2.45) is 23.5 Å². The number of carbonyl (C=O) groups is 1. The molecule has 1 aliphatic heterocycles. The highest BCUT2D eigenvalue weighted by Gasteiger charge is 2.32. The lowest BCUT2D eigenvalue weighted by molar-refractivity contribution is -0.120. The maximum absolute atomic E-state index is 12.4. The Morgan fingerprint density at radius 3 is 2.88 bits per heavy atom. The second-order valence-corrected chi connectivity index (χ2v) is 8.01. The predicted octanol–water partition coefficient (Wildman–Crippen LogP) is 3.53. The summed E-state index contributed by atoms with van der Waals surface area (Å²) in [6.45, 7) is 6.12. The van der Waals surface area contributed by atoms with Gasteiger partial charge in [0.25, 0.3) is 0 Å². The molecular weight excluding hydrogens is 379 g/mol. The van der Waals surface area contributed by atoms with Crippen LogP contribution in [-0.2, 0) is 11.3 Å². The highest BCUT2D eigenvalue weighted by Crippen LogP contribution is 2.32. The number of thiazole rings is 1. The summed E-state index contributed by atoms with van der Waals surface area (Å²) in [6.07, 6.45) is 5.74. The molecule has 2 aliphatic rings. The Hall–Kier alpha value is -0.400. The van der Waals surface area contributed by atoms with E-state index in [1.165, 1.54) is 24.2 Å². The van der Waals surface area contributed by atoms with Crippen LogP contribution in [-0.4, -0.2) is 35.4 Å². The van der Waals surface area contributed by atoms with Crippen molar-refractivity contribution < 1.29 is 4.79 Å². The first kappa shape index (κ1) is 22.6. The van der Waals surface area contributed by atoms with E-state index in [-0.39, 0.29) is 36.6 Å². The number of rotatable bonds is 5. The molecule has 3 rings (SSSR count). The van der Waals surface area contributed by atoms with Crippen molar-refractivity contribution in [2.45, 2.75) is 45.6 Å². The number of nitrogens with two attached hydrogens (primary N) is 1. The van der Waals surface area contributed by atoms with Crippen LogP contribution < -0.4 is 11.1 Å². The summed E-state index contributed by atoms with van der Waals surface area (Å²) in [7, 11) is 0. The van der Waals surface area contributed by atoms with Crippen molar-refractivity contribution in [1.29, 1.82) is 0 Å². The van der Waals surface area contributed by atoms with Gasteiger partial charge in [0.2, 0.25) is 5.91 Å². The van der Waals surface area contributed by atoms with Gasteiger partial charge in [-0.3, -0.25) is 9.69 Å². The monoisotopic (exact) mass is 408 g/mol. The second kappa shape index (κ2) is 10.7. The molecule has 0 bridgehead atoms. The van der Waals surface area contributed by atoms with Crippen LogP contribution in [0.4, 0.5) is 5.13 Å². The molecule has 1 saturated carbocycles. The lowest BCUT2D eigenvalue weighted by Gasteiger charge is -2.30. The third-order valence-corrected chi connectivity index (χ3v) is 6.01. The molecule has 25 heavy (non-hydrogen) atoms. The maximum atomic E-state index is 12.4. The van der Waals surface area contributed by atoms with E-state index in [2.05, 4.69) is 27.5 Å². The van der Waals surface area contributed by atoms with Gasteiger partial charge in [-0.2, -0.15) is 0 Å². The number of piperidine rings is 1. The number of aromatic nitrogens is 1. The van der Waals surface area contributed by atoms with Crippen LogP contribution in [0.2, 0.25) is 0 Å². The van der Waals surface area contributed by atoms with Crippen molar-refractivity contribution >= 4 is 47.2 Å². The third-order valence-electron chi connectivity index (χ3n) is 5.21. The Bertz CT molecular complexity index is 542. The van der Waals surface area contributed by atoms with E-state index in [0.717, 1.165) is 55.6 Å². The van der Waals surface area contributed by atoms with Crippen molar-refractivity contribution in [3.8, 4) is 0 Å². The standard InChI is InChI=1S/C17H28N4OS.2ClH/c1-12-4-3-7-21(9-12)10-14-11-23-17(19-14)20-16(22)15-6-2-5-13(15)8-18;;/h11-13,15H,2-10,18H2,1H3,(H,19,20,22);2*1H/t12?,13-,15-;;/m1../s1. The highest BCUT2D eigenvalue weighted by atomic mass is 35.5. The first-order chi connectivity index (χ1) is 11.2. The van der Waals surface area contributed by atoms with Gasteiger partial charge in [-0.25, -0.2) is 4.98 Å². The van der Waals surface area contributed by atoms with Crippen molar-refractivity contribution in [3.05, 3.63) is 11.1 Å². The molecule has 1 saturated heterocycles. The number of nitrogens with zero attached hydrogens (tertiary/aromatic N) is 2. The zero-order valence-corrected chi connectivity index (χ0v) is 17.2. The maximum Gasteiger partial charge on any atom is 0.229 e. The van der Waals surface area contributed by atoms with Gasteiger partial charge in [0, 0.05) is 24.4 Å². The summed E-state index contributed by atoms with van der Waals surface area (Å²) in [5.41, 5.74) is 6.85. The van der Waals surface area contributed by atoms with Crippen LogP contribution >= 0.6 is 36.2 Å². The number of likely N-dealkylation sites (tertiary alicyclic amines) is 1. The molecule has 0 radical (unpaired) electrons. The number of anilines is 1. The summed E-state index contributed by atoms with van der Waals surface area (Å²) < 4.78 is 0. The van der Waals surface area contributed by atoms with Crippen LogP contribution in [0.15, 0.2) is 5.38 Å². The minimum atomic E-state index is 0. The highest BCUT2D eigenvalue weighted by molar-refractivity contribution is 7.13. The minimum absolute atomic E-state index is 0. The molecule has 0 spiro atoms. The quantitative estimate of drug-likeness (QED) is 0.781. The van der Waals surface area contributed by atoms with Crippen LogP contribution in [0, 0.1) is 17.8 Å². The number of carbonyl (C=O) groups excluding carboxylic acids is 1. The third kappa shape index (κ3) is 6.07. The van der Waals surface area contributed by atoms with Gasteiger partial charge in [-0.15, -0.1) is 36.2 Å². The molecule has 2 fully saturated rings. The molecule has 5 nitrogen and oxygen atoms in total. The van der Waals surface area contributed by atoms with Gasteiger partial charge in [0.1, 0.15) is 0 Å². The van der Waals surface area contributed by atoms with E-state index >= 15 is 0 Å². The molecule has 1 aliphatic carbocycles. The summed E-state index contributed by atoms with van der Waals surface area (Å²) in [5, 5.41) is 5.82. The molecule has 1 amide bonds. The molecule has 2 heterocycles. The number of nitrogens with one attached hydrogen (secondary N) is 1. The molecule has 3 N–H and O–H groups in total.